The third kappa shape index (κ3) is 4.84. The van der Waals surface area contributed by atoms with Crippen molar-refractivity contribution in [1.82, 2.24) is 20.4 Å². The summed E-state index contributed by atoms with van der Waals surface area (Å²) >= 11 is 0. The molecule has 0 aromatic carbocycles. The molecule has 0 aliphatic carbocycles. The summed E-state index contributed by atoms with van der Waals surface area (Å²) in [6, 6.07) is 0. The van der Waals surface area contributed by atoms with Gasteiger partial charge in [0.1, 0.15) is 0 Å². The molecule has 0 saturated carbocycles. The molecule has 0 atom stereocenters. The molecule has 110 valence electrons. The van der Waals surface area contributed by atoms with Crippen LogP contribution in [0.3, 0.4) is 0 Å². The van der Waals surface area contributed by atoms with E-state index in [0.717, 1.165) is 18.7 Å². The fraction of sp³-hybridized carbons (Fsp3) is 0.692. The Kier molecular flexibility index (Phi) is 7.08. The highest BCUT2D eigenvalue weighted by atomic mass is 35.5. The summed E-state index contributed by atoms with van der Waals surface area (Å²) in [5.41, 5.74) is 1.47. The number of carbonyl (C=O) groups excluding carboxylic acids is 1. The van der Waals surface area contributed by atoms with Gasteiger partial charge in [-0.15, -0.1) is 12.4 Å². The van der Waals surface area contributed by atoms with E-state index in [2.05, 4.69) is 36.5 Å². The number of rotatable bonds is 5. The molecule has 0 bridgehead atoms. The Hall–Kier alpha value is -1.07. The van der Waals surface area contributed by atoms with Crippen LogP contribution >= 0.6 is 12.4 Å². The Morgan fingerprint density at radius 3 is 2.47 bits per heavy atom. The zero-order valence-corrected chi connectivity index (χ0v) is 13.2. The Balaban J connectivity index is 0.00000324. The van der Waals surface area contributed by atoms with E-state index in [1.54, 1.807) is 6.20 Å². The predicted molar refractivity (Wildman–Crippen MR) is 80.1 cm³/mol. The van der Waals surface area contributed by atoms with Crippen LogP contribution in [0.25, 0.3) is 0 Å². The van der Waals surface area contributed by atoms with Gasteiger partial charge in [-0.3, -0.25) is 9.48 Å². The minimum absolute atomic E-state index is 0. The molecule has 0 saturated heterocycles. The van der Waals surface area contributed by atoms with E-state index in [9.17, 15) is 4.79 Å². The summed E-state index contributed by atoms with van der Waals surface area (Å²) in [6.07, 6.45) is 2.57. The zero-order valence-electron chi connectivity index (χ0n) is 12.4. The minimum atomic E-state index is -0.102. The van der Waals surface area contributed by atoms with Gasteiger partial charge in [-0.25, -0.2) is 0 Å². The quantitative estimate of drug-likeness (QED) is 0.811. The van der Waals surface area contributed by atoms with Crippen LogP contribution in [0, 0.1) is 6.92 Å². The van der Waals surface area contributed by atoms with Gasteiger partial charge in [0.15, 0.2) is 0 Å². The number of hydrogen-bond acceptors (Lipinski definition) is 3. The second-order valence-corrected chi connectivity index (χ2v) is 5.44. The largest absolute Gasteiger partial charge is 0.352 e. The van der Waals surface area contributed by atoms with Gasteiger partial charge in [0.05, 0.1) is 17.3 Å². The number of aromatic nitrogens is 2. The molecular weight excluding hydrogens is 264 g/mol. The van der Waals surface area contributed by atoms with Crippen LogP contribution in [0.1, 0.15) is 43.2 Å². The first-order valence-corrected chi connectivity index (χ1v) is 6.36. The Labute approximate surface area is 121 Å². The van der Waals surface area contributed by atoms with Crippen molar-refractivity contribution >= 4 is 18.3 Å². The number of nitrogens with zero attached hydrogens (tertiary/aromatic N) is 2. The van der Waals surface area contributed by atoms with Crippen LogP contribution in [0.4, 0.5) is 0 Å². The van der Waals surface area contributed by atoms with Crippen molar-refractivity contribution in [3.8, 4) is 0 Å². The maximum atomic E-state index is 12.0. The smallest absolute Gasteiger partial charge is 0.254 e. The second-order valence-electron chi connectivity index (χ2n) is 5.44. The number of carbonyl (C=O) groups is 1. The van der Waals surface area contributed by atoms with Crippen molar-refractivity contribution in [2.75, 3.05) is 20.1 Å². The highest BCUT2D eigenvalue weighted by Crippen LogP contribution is 2.18. The first-order chi connectivity index (χ1) is 8.38. The van der Waals surface area contributed by atoms with Crippen molar-refractivity contribution in [2.45, 2.75) is 39.7 Å². The summed E-state index contributed by atoms with van der Waals surface area (Å²) in [7, 11) is 1.90. The van der Waals surface area contributed by atoms with E-state index in [1.165, 1.54) is 0 Å². The van der Waals surface area contributed by atoms with Crippen LogP contribution in [-0.4, -0.2) is 35.8 Å². The monoisotopic (exact) mass is 288 g/mol. The summed E-state index contributed by atoms with van der Waals surface area (Å²) in [6.45, 7) is 9.73. The van der Waals surface area contributed by atoms with Gasteiger partial charge in [-0.1, -0.05) is 0 Å². The zero-order chi connectivity index (χ0) is 13.8. The summed E-state index contributed by atoms with van der Waals surface area (Å²) < 4.78 is 1.88. The molecule has 0 radical (unpaired) electrons. The standard InChI is InChI=1S/C13H24N4O.ClH/c1-10-11(9-16-17(10)13(2,3)4)12(18)15-8-6-7-14-5;/h9,14H,6-8H2,1-5H3,(H,15,18);1H. The van der Waals surface area contributed by atoms with Gasteiger partial charge in [0.2, 0.25) is 0 Å². The molecule has 0 fully saturated rings. The molecule has 1 aromatic rings. The lowest BCUT2D eigenvalue weighted by Gasteiger charge is -2.21. The van der Waals surface area contributed by atoms with Gasteiger partial charge in [0.25, 0.3) is 5.91 Å². The van der Waals surface area contributed by atoms with E-state index < -0.39 is 0 Å². The first kappa shape index (κ1) is 17.9. The first-order valence-electron chi connectivity index (χ1n) is 6.36. The average molecular weight is 289 g/mol. The molecule has 1 rings (SSSR count). The van der Waals surface area contributed by atoms with Crippen molar-refractivity contribution in [3.63, 3.8) is 0 Å². The third-order valence-corrected chi connectivity index (χ3v) is 2.78. The fourth-order valence-corrected chi connectivity index (χ4v) is 1.87. The molecule has 1 aromatic heterocycles. The topological polar surface area (TPSA) is 58.9 Å². The predicted octanol–water partition coefficient (Wildman–Crippen LogP) is 1.71. The molecule has 0 aliphatic rings. The highest BCUT2D eigenvalue weighted by Gasteiger charge is 2.21. The van der Waals surface area contributed by atoms with Gasteiger partial charge in [-0.05, 0) is 47.7 Å². The maximum absolute atomic E-state index is 12.0. The number of amides is 1. The molecular formula is C13H25ClN4O. The van der Waals surface area contributed by atoms with Gasteiger partial charge >= 0.3 is 0 Å². The summed E-state index contributed by atoms with van der Waals surface area (Å²) in [5, 5.41) is 10.3. The maximum Gasteiger partial charge on any atom is 0.254 e. The van der Waals surface area contributed by atoms with E-state index >= 15 is 0 Å². The fourth-order valence-electron chi connectivity index (χ4n) is 1.87. The van der Waals surface area contributed by atoms with Crippen LogP contribution in [0.15, 0.2) is 6.20 Å². The van der Waals surface area contributed by atoms with E-state index in [4.69, 9.17) is 0 Å². The summed E-state index contributed by atoms with van der Waals surface area (Å²) in [5.74, 6) is -0.0425. The lowest BCUT2D eigenvalue weighted by atomic mass is 10.1. The molecule has 0 spiro atoms. The SMILES string of the molecule is CNCCCNC(=O)c1cnn(C(C)(C)C)c1C.Cl. The Morgan fingerprint density at radius 2 is 2.00 bits per heavy atom. The minimum Gasteiger partial charge on any atom is -0.352 e. The van der Waals surface area contributed by atoms with E-state index in [0.29, 0.717) is 12.1 Å². The van der Waals surface area contributed by atoms with Crippen LogP contribution in [0.5, 0.6) is 0 Å². The summed E-state index contributed by atoms with van der Waals surface area (Å²) in [4.78, 5) is 12.0. The van der Waals surface area contributed by atoms with Crippen LogP contribution < -0.4 is 10.6 Å². The average Bonchev–Trinajstić information content (AvgIpc) is 2.66. The lowest BCUT2D eigenvalue weighted by Crippen LogP contribution is -2.28. The number of halogens is 1. The van der Waals surface area contributed by atoms with Crippen molar-refractivity contribution < 1.29 is 4.79 Å². The molecule has 19 heavy (non-hydrogen) atoms. The third-order valence-electron chi connectivity index (χ3n) is 2.78. The Morgan fingerprint density at radius 1 is 1.37 bits per heavy atom. The number of nitrogens with one attached hydrogen (secondary N) is 2. The highest BCUT2D eigenvalue weighted by molar-refractivity contribution is 5.95. The van der Waals surface area contributed by atoms with Crippen molar-refractivity contribution in [2.24, 2.45) is 0 Å². The van der Waals surface area contributed by atoms with Gasteiger partial charge < -0.3 is 10.6 Å². The van der Waals surface area contributed by atoms with E-state index in [-0.39, 0.29) is 23.9 Å². The van der Waals surface area contributed by atoms with Gasteiger partial charge in [0, 0.05) is 12.2 Å². The number of hydrogen-bond donors (Lipinski definition) is 2. The molecule has 2 N–H and O–H groups in total. The van der Waals surface area contributed by atoms with Crippen LogP contribution in [-0.2, 0) is 5.54 Å². The lowest BCUT2D eigenvalue weighted by molar-refractivity contribution is 0.0952. The van der Waals surface area contributed by atoms with Crippen molar-refractivity contribution in [3.05, 3.63) is 17.5 Å². The van der Waals surface area contributed by atoms with E-state index in [1.807, 2.05) is 18.7 Å². The molecule has 0 unspecified atom stereocenters. The molecule has 0 aliphatic heterocycles. The van der Waals surface area contributed by atoms with Crippen molar-refractivity contribution in [1.29, 1.82) is 0 Å². The van der Waals surface area contributed by atoms with Crippen LogP contribution in [0.2, 0.25) is 0 Å². The van der Waals surface area contributed by atoms with Gasteiger partial charge in [-0.2, -0.15) is 5.10 Å². The molecule has 1 heterocycles. The molecule has 1 amide bonds. The second kappa shape index (κ2) is 7.50. The molecule has 5 nitrogen and oxygen atoms in total. The Bertz CT molecular complexity index is 409. The molecule has 6 heteroatoms. The normalized spacial score (nSPS) is 11.0.